The number of nitrogens with zero attached hydrogens (tertiary/aromatic N) is 2. The normalized spacial score (nSPS) is 13.2. The molecule has 1 N–H and O–H groups in total. The Bertz CT molecular complexity index is 1020. The van der Waals surface area contributed by atoms with Gasteiger partial charge in [0.15, 0.2) is 0 Å². The molecule has 0 saturated carbocycles. The number of amides is 1. The first kappa shape index (κ1) is 19.6. The largest absolute Gasteiger partial charge is 0.481 e. The molecule has 1 aliphatic carbocycles. The molecule has 30 heavy (non-hydrogen) atoms. The maximum Gasteiger partial charge on any atom is 0.414 e. The predicted molar refractivity (Wildman–Crippen MR) is 113 cm³/mol. The Morgan fingerprint density at radius 2 is 1.57 bits per heavy atom. The van der Waals surface area contributed by atoms with Crippen molar-refractivity contribution in [2.24, 2.45) is 0 Å². The molecule has 1 heterocycles. The van der Waals surface area contributed by atoms with Gasteiger partial charge in [-0.1, -0.05) is 48.5 Å². The van der Waals surface area contributed by atoms with E-state index in [1.54, 1.807) is 31.5 Å². The number of fused-ring (bicyclic) bond motifs is 3. The molecular weight excluding hydrogens is 380 g/mol. The fraction of sp³-hybridized carbons (Fsp3) is 0.208. The van der Waals surface area contributed by atoms with Crippen LogP contribution in [-0.2, 0) is 9.53 Å². The summed E-state index contributed by atoms with van der Waals surface area (Å²) in [5.74, 6) is -1.04. The van der Waals surface area contributed by atoms with E-state index in [0.29, 0.717) is 5.69 Å². The van der Waals surface area contributed by atoms with Gasteiger partial charge in [-0.25, -0.2) is 4.79 Å². The lowest BCUT2D eigenvalue weighted by atomic mass is 9.98. The minimum Gasteiger partial charge on any atom is -0.481 e. The maximum absolute atomic E-state index is 13.0. The molecule has 0 aliphatic heterocycles. The lowest BCUT2D eigenvalue weighted by Crippen LogP contribution is -2.41. The average molecular weight is 402 g/mol. The summed E-state index contributed by atoms with van der Waals surface area (Å²) in [5.41, 5.74) is 5.11. The van der Waals surface area contributed by atoms with Crippen molar-refractivity contribution in [2.45, 2.75) is 25.3 Å². The second-order valence-corrected chi connectivity index (χ2v) is 7.33. The third-order valence-electron chi connectivity index (χ3n) is 5.38. The number of anilines is 1. The van der Waals surface area contributed by atoms with E-state index in [9.17, 15) is 14.7 Å². The number of rotatable bonds is 6. The van der Waals surface area contributed by atoms with Gasteiger partial charge in [0.1, 0.15) is 6.61 Å². The Hall–Kier alpha value is -3.67. The molecule has 2 aromatic carbocycles. The number of carbonyl (C=O) groups excluding carboxylic acids is 1. The monoisotopic (exact) mass is 402 g/mol. The number of carboxylic acids is 1. The number of aromatic nitrogens is 1. The number of hydrogen-bond acceptors (Lipinski definition) is 4. The van der Waals surface area contributed by atoms with Gasteiger partial charge in [0.25, 0.3) is 0 Å². The van der Waals surface area contributed by atoms with Crippen LogP contribution >= 0.6 is 0 Å². The van der Waals surface area contributed by atoms with Crippen LogP contribution in [0.15, 0.2) is 73.1 Å². The molecule has 0 saturated heterocycles. The van der Waals surface area contributed by atoms with Crippen LogP contribution in [0.25, 0.3) is 11.1 Å². The highest BCUT2D eigenvalue weighted by Crippen LogP contribution is 2.44. The van der Waals surface area contributed by atoms with Gasteiger partial charge in [-0.05, 0) is 41.3 Å². The Kier molecular flexibility index (Phi) is 5.48. The highest BCUT2D eigenvalue weighted by atomic mass is 16.6. The predicted octanol–water partition coefficient (Wildman–Crippen LogP) is 4.70. The van der Waals surface area contributed by atoms with E-state index in [1.165, 1.54) is 4.90 Å². The number of carboxylic acid groups (broad SMARTS) is 1. The van der Waals surface area contributed by atoms with Crippen molar-refractivity contribution < 1.29 is 19.4 Å². The van der Waals surface area contributed by atoms with Gasteiger partial charge in [0.2, 0.25) is 0 Å². The van der Waals surface area contributed by atoms with Gasteiger partial charge in [-0.15, -0.1) is 0 Å². The van der Waals surface area contributed by atoms with Gasteiger partial charge in [-0.3, -0.25) is 14.7 Å². The molecule has 1 atom stereocenters. The van der Waals surface area contributed by atoms with Gasteiger partial charge < -0.3 is 9.84 Å². The van der Waals surface area contributed by atoms with Gasteiger partial charge in [0.05, 0.1) is 12.1 Å². The molecule has 0 fully saturated rings. The molecule has 1 aromatic heterocycles. The molecule has 1 aliphatic rings. The topological polar surface area (TPSA) is 79.7 Å². The van der Waals surface area contributed by atoms with Crippen molar-refractivity contribution in [3.05, 3.63) is 84.2 Å². The zero-order valence-electron chi connectivity index (χ0n) is 16.6. The van der Waals surface area contributed by atoms with E-state index in [2.05, 4.69) is 29.2 Å². The first-order chi connectivity index (χ1) is 14.6. The summed E-state index contributed by atoms with van der Waals surface area (Å²) in [6.45, 7) is 1.87. The molecule has 4 rings (SSSR count). The van der Waals surface area contributed by atoms with E-state index in [-0.39, 0.29) is 18.9 Å². The number of benzene rings is 2. The summed E-state index contributed by atoms with van der Waals surface area (Å²) >= 11 is 0. The quantitative estimate of drug-likeness (QED) is 0.646. The fourth-order valence-corrected chi connectivity index (χ4v) is 4.05. The van der Waals surface area contributed by atoms with Gasteiger partial charge in [-0.2, -0.15) is 0 Å². The van der Waals surface area contributed by atoms with Gasteiger partial charge in [0, 0.05) is 24.4 Å². The summed E-state index contributed by atoms with van der Waals surface area (Å²) in [4.78, 5) is 29.6. The zero-order valence-corrected chi connectivity index (χ0v) is 16.6. The second kappa shape index (κ2) is 8.37. The number of aliphatic carboxylic acids is 1. The van der Waals surface area contributed by atoms with Crippen LogP contribution < -0.4 is 4.90 Å². The van der Waals surface area contributed by atoms with E-state index >= 15 is 0 Å². The van der Waals surface area contributed by atoms with Crippen molar-refractivity contribution in [3.8, 4) is 11.1 Å². The Balaban J connectivity index is 1.57. The van der Waals surface area contributed by atoms with Crippen LogP contribution in [-0.4, -0.2) is 34.8 Å². The lowest BCUT2D eigenvalue weighted by Gasteiger charge is -2.28. The Morgan fingerprint density at radius 1 is 1.00 bits per heavy atom. The molecular formula is C24H22N2O4. The van der Waals surface area contributed by atoms with E-state index < -0.39 is 18.1 Å². The highest BCUT2D eigenvalue weighted by molar-refractivity contribution is 5.89. The summed E-state index contributed by atoms with van der Waals surface area (Å²) in [6.07, 6.45) is 2.36. The standard InChI is InChI=1S/C24H22N2O4/c1-16(14-23(27)28)26(17-10-12-25-13-11-17)24(29)30-15-22-20-8-4-2-6-18(20)19-7-3-5-9-21(19)22/h2-13,16,22H,14-15H2,1H3,(H,27,28)/t16-/m0/s1. The molecule has 0 bridgehead atoms. The maximum atomic E-state index is 13.0. The zero-order chi connectivity index (χ0) is 21.1. The highest BCUT2D eigenvalue weighted by Gasteiger charge is 2.31. The molecule has 0 spiro atoms. The van der Waals surface area contributed by atoms with Crippen LogP contribution in [0.2, 0.25) is 0 Å². The van der Waals surface area contributed by atoms with E-state index in [1.807, 2.05) is 24.3 Å². The second-order valence-electron chi connectivity index (χ2n) is 7.33. The first-order valence-corrected chi connectivity index (χ1v) is 9.82. The van der Waals surface area contributed by atoms with Crippen molar-refractivity contribution in [3.63, 3.8) is 0 Å². The fourth-order valence-electron chi connectivity index (χ4n) is 4.05. The summed E-state index contributed by atoms with van der Waals surface area (Å²) in [5, 5.41) is 9.19. The minimum absolute atomic E-state index is 0.0598. The van der Waals surface area contributed by atoms with Crippen molar-refractivity contribution in [1.29, 1.82) is 0 Å². The lowest BCUT2D eigenvalue weighted by molar-refractivity contribution is -0.137. The van der Waals surface area contributed by atoms with Gasteiger partial charge >= 0.3 is 12.1 Å². The van der Waals surface area contributed by atoms with Crippen LogP contribution in [0.3, 0.4) is 0 Å². The van der Waals surface area contributed by atoms with E-state index in [0.717, 1.165) is 22.3 Å². The number of ether oxygens (including phenoxy) is 1. The molecule has 6 heteroatoms. The Labute approximate surface area is 174 Å². The molecule has 0 unspecified atom stereocenters. The summed E-state index contributed by atoms with van der Waals surface area (Å²) < 4.78 is 5.73. The van der Waals surface area contributed by atoms with Crippen molar-refractivity contribution in [1.82, 2.24) is 4.98 Å². The number of hydrogen-bond donors (Lipinski definition) is 1. The average Bonchev–Trinajstić information content (AvgIpc) is 3.06. The van der Waals surface area contributed by atoms with Crippen LogP contribution in [0, 0.1) is 0 Å². The molecule has 6 nitrogen and oxygen atoms in total. The van der Waals surface area contributed by atoms with Crippen molar-refractivity contribution >= 4 is 17.7 Å². The minimum atomic E-state index is -0.979. The molecule has 3 aromatic rings. The Morgan fingerprint density at radius 3 is 2.13 bits per heavy atom. The third kappa shape index (κ3) is 3.76. The van der Waals surface area contributed by atoms with E-state index in [4.69, 9.17) is 4.74 Å². The van der Waals surface area contributed by atoms with Crippen molar-refractivity contribution in [2.75, 3.05) is 11.5 Å². The van der Waals surface area contributed by atoms with Crippen LogP contribution in [0.4, 0.5) is 10.5 Å². The molecule has 152 valence electrons. The molecule has 0 radical (unpaired) electrons. The summed E-state index contributed by atoms with van der Waals surface area (Å²) in [6, 6.07) is 19.0. The first-order valence-electron chi connectivity index (χ1n) is 9.82. The van der Waals surface area contributed by atoms with Crippen LogP contribution in [0.5, 0.6) is 0 Å². The SMILES string of the molecule is C[C@@H](CC(=O)O)N(C(=O)OCC1c2ccccc2-c2ccccc21)c1ccncc1. The smallest absolute Gasteiger partial charge is 0.414 e. The third-order valence-corrected chi connectivity index (χ3v) is 5.38. The molecule has 1 amide bonds. The number of pyridine rings is 1. The summed E-state index contributed by atoms with van der Waals surface area (Å²) in [7, 11) is 0. The number of carbonyl (C=O) groups is 2. The van der Waals surface area contributed by atoms with Crippen LogP contribution in [0.1, 0.15) is 30.4 Å².